The minimum Gasteiger partial charge on any atom is -0.390 e. The van der Waals surface area contributed by atoms with E-state index in [0.29, 0.717) is 18.5 Å². The number of rotatable bonds is 5. The number of likely N-dealkylation sites (tertiary alicyclic amines) is 1. The lowest BCUT2D eigenvalue weighted by Crippen LogP contribution is -2.42. The van der Waals surface area contributed by atoms with Crippen LogP contribution in [0.25, 0.3) is 0 Å². The van der Waals surface area contributed by atoms with Gasteiger partial charge in [0.2, 0.25) is 0 Å². The highest BCUT2D eigenvalue weighted by molar-refractivity contribution is 14.0. The first-order valence-corrected chi connectivity index (χ1v) is 9.97. The van der Waals surface area contributed by atoms with E-state index in [4.69, 9.17) is 4.99 Å². The van der Waals surface area contributed by atoms with E-state index in [-0.39, 0.29) is 24.0 Å². The second-order valence-electron chi connectivity index (χ2n) is 8.44. The number of β-amino-alcohol motifs (C(OH)–C–C–N with tert-alkyl or cyclic N) is 1. The maximum Gasteiger partial charge on any atom is 0.194 e. The largest absolute Gasteiger partial charge is 0.390 e. The first-order chi connectivity index (χ1) is 12.5. The van der Waals surface area contributed by atoms with E-state index < -0.39 is 6.10 Å². The van der Waals surface area contributed by atoms with Gasteiger partial charge in [-0.25, -0.2) is 0 Å². The van der Waals surface area contributed by atoms with E-state index in [2.05, 4.69) is 60.2 Å². The van der Waals surface area contributed by atoms with E-state index in [1.807, 2.05) is 0 Å². The molecule has 1 atom stereocenters. The van der Waals surface area contributed by atoms with Crippen molar-refractivity contribution in [1.29, 1.82) is 0 Å². The number of benzene rings is 1. The number of nitrogens with one attached hydrogen (secondary N) is 1. The van der Waals surface area contributed by atoms with Gasteiger partial charge in [-0.1, -0.05) is 38.1 Å². The summed E-state index contributed by atoms with van der Waals surface area (Å²) in [5.74, 6) is 0.945. The van der Waals surface area contributed by atoms with Crippen LogP contribution in [0.2, 0.25) is 0 Å². The zero-order chi connectivity index (χ0) is 18.6. The fraction of sp³-hybridized carbons (Fsp3) is 0.667. The minimum absolute atomic E-state index is 0. The van der Waals surface area contributed by atoms with Gasteiger partial charge < -0.3 is 15.3 Å². The van der Waals surface area contributed by atoms with Crippen LogP contribution in [-0.2, 0) is 13.0 Å². The van der Waals surface area contributed by atoms with Crippen molar-refractivity contribution >= 4 is 29.9 Å². The lowest BCUT2D eigenvalue weighted by atomic mass is 9.93. The molecule has 1 aromatic rings. The molecular formula is C21H35IN4O. The Balaban J connectivity index is 0.00000261. The van der Waals surface area contributed by atoms with Gasteiger partial charge in [0.25, 0.3) is 0 Å². The summed E-state index contributed by atoms with van der Waals surface area (Å²) in [6.45, 7) is 12.7. The molecule has 0 bridgehead atoms. The van der Waals surface area contributed by atoms with Gasteiger partial charge in [-0.05, 0) is 36.3 Å². The third kappa shape index (κ3) is 6.32. The predicted molar refractivity (Wildman–Crippen MR) is 123 cm³/mol. The smallest absolute Gasteiger partial charge is 0.194 e. The van der Waals surface area contributed by atoms with Crippen molar-refractivity contribution in [3.63, 3.8) is 0 Å². The molecule has 0 aliphatic carbocycles. The van der Waals surface area contributed by atoms with Gasteiger partial charge in [-0.3, -0.25) is 9.89 Å². The van der Waals surface area contributed by atoms with Crippen LogP contribution < -0.4 is 5.32 Å². The number of hydrogen-bond donors (Lipinski definition) is 2. The Morgan fingerprint density at radius 2 is 2.00 bits per heavy atom. The van der Waals surface area contributed by atoms with Crippen LogP contribution in [0.5, 0.6) is 0 Å². The molecular weight excluding hydrogens is 451 g/mol. The van der Waals surface area contributed by atoms with Crippen LogP contribution in [0, 0.1) is 5.41 Å². The number of aliphatic hydroxyl groups excluding tert-OH is 1. The zero-order valence-corrected chi connectivity index (χ0v) is 19.3. The number of halogens is 1. The molecule has 1 unspecified atom stereocenters. The molecule has 0 aromatic heterocycles. The molecule has 27 heavy (non-hydrogen) atoms. The van der Waals surface area contributed by atoms with Gasteiger partial charge in [0.1, 0.15) is 0 Å². The summed E-state index contributed by atoms with van der Waals surface area (Å²) in [4.78, 5) is 9.39. The van der Waals surface area contributed by atoms with Gasteiger partial charge >= 0.3 is 0 Å². The van der Waals surface area contributed by atoms with Gasteiger partial charge in [0.15, 0.2) is 5.96 Å². The van der Waals surface area contributed by atoms with Gasteiger partial charge in [-0.2, -0.15) is 0 Å². The number of guanidine groups is 1. The lowest BCUT2D eigenvalue weighted by Gasteiger charge is -2.30. The van der Waals surface area contributed by atoms with E-state index in [1.165, 1.54) is 17.5 Å². The van der Waals surface area contributed by atoms with E-state index >= 15 is 0 Å². The summed E-state index contributed by atoms with van der Waals surface area (Å²) in [5, 5.41) is 13.9. The van der Waals surface area contributed by atoms with Gasteiger partial charge in [0, 0.05) is 39.3 Å². The Morgan fingerprint density at radius 3 is 2.67 bits per heavy atom. The number of aliphatic hydroxyl groups is 1. The Bertz CT molecular complexity index is 634. The molecule has 1 saturated heterocycles. The molecule has 1 aromatic carbocycles. The highest BCUT2D eigenvalue weighted by Gasteiger charge is 2.31. The predicted octanol–water partition coefficient (Wildman–Crippen LogP) is 2.72. The summed E-state index contributed by atoms with van der Waals surface area (Å²) >= 11 is 0. The second-order valence-corrected chi connectivity index (χ2v) is 8.44. The standard InChI is InChI=1S/C21H34N4O.HI/c1-4-22-20(25-12-10-21(2,3)16-25)23-13-19(26)15-24-11-9-17-7-5-6-8-18(17)14-24;/h5-8,19,26H,4,9-16H2,1-3H3,(H,22,23);1H. The fourth-order valence-corrected chi connectivity index (χ4v) is 3.98. The lowest BCUT2D eigenvalue weighted by molar-refractivity contribution is 0.111. The van der Waals surface area contributed by atoms with Crippen molar-refractivity contribution in [2.24, 2.45) is 10.4 Å². The molecule has 2 aliphatic rings. The average Bonchev–Trinajstić information content (AvgIpc) is 2.98. The first-order valence-electron chi connectivity index (χ1n) is 9.97. The third-order valence-electron chi connectivity index (χ3n) is 5.44. The average molecular weight is 486 g/mol. The Kier molecular flexibility index (Phi) is 8.37. The fourth-order valence-electron chi connectivity index (χ4n) is 3.98. The van der Waals surface area contributed by atoms with Crippen molar-refractivity contribution < 1.29 is 5.11 Å². The summed E-state index contributed by atoms with van der Waals surface area (Å²) in [6, 6.07) is 8.63. The van der Waals surface area contributed by atoms with E-state index in [0.717, 1.165) is 45.1 Å². The second kappa shape index (κ2) is 10.1. The summed E-state index contributed by atoms with van der Waals surface area (Å²) in [7, 11) is 0. The van der Waals surface area contributed by atoms with Gasteiger partial charge in [0.05, 0.1) is 12.6 Å². The number of fused-ring (bicyclic) bond motifs is 1. The Morgan fingerprint density at radius 1 is 1.26 bits per heavy atom. The molecule has 2 N–H and O–H groups in total. The van der Waals surface area contributed by atoms with Crippen molar-refractivity contribution in [1.82, 2.24) is 15.1 Å². The van der Waals surface area contributed by atoms with Crippen LogP contribution in [0.4, 0.5) is 0 Å². The van der Waals surface area contributed by atoms with Crippen molar-refractivity contribution in [3.05, 3.63) is 35.4 Å². The molecule has 2 aliphatic heterocycles. The summed E-state index contributed by atoms with van der Waals surface area (Å²) in [6.07, 6.45) is 1.83. The summed E-state index contributed by atoms with van der Waals surface area (Å²) < 4.78 is 0. The maximum absolute atomic E-state index is 10.5. The normalized spacial score (nSPS) is 20.7. The Labute approximate surface area is 181 Å². The molecule has 0 amide bonds. The monoisotopic (exact) mass is 486 g/mol. The topological polar surface area (TPSA) is 51.1 Å². The van der Waals surface area contributed by atoms with Crippen LogP contribution >= 0.6 is 24.0 Å². The molecule has 6 heteroatoms. The SMILES string of the molecule is CCNC(=NCC(O)CN1CCc2ccccc2C1)N1CCC(C)(C)C1.I. The van der Waals surface area contributed by atoms with E-state index in [9.17, 15) is 5.11 Å². The van der Waals surface area contributed by atoms with Gasteiger partial charge in [-0.15, -0.1) is 24.0 Å². The zero-order valence-electron chi connectivity index (χ0n) is 16.9. The molecule has 2 heterocycles. The molecule has 3 rings (SSSR count). The third-order valence-corrected chi connectivity index (χ3v) is 5.44. The highest BCUT2D eigenvalue weighted by Crippen LogP contribution is 2.28. The number of nitrogens with zero attached hydrogens (tertiary/aromatic N) is 3. The molecule has 5 nitrogen and oxygen atoms in total. The quantitative estimate of drug-likeness (QED) is 0.382. The Hall–Kier alpha value is -0.860. The molecule has 0 radical (unpaired) electrons. The summed E-state index contributed by atoms with van der Waals surface area (Å²) in [5.41, 5.74) is 3.18. The molecule has 1 fully saturated rings. The molecule has 0 saturated carbocycles. The number of aliphatic imine (C=N–C) groups is 1. The number of hydrogen-bond acceptors (Lipinski definition) is 3. The minimum atomic E-state index is -0.426. The molecule has 152 valence electrons. The van der Waals surface area contributed by atoms with Crippen LogP contribution in [-0.4, -0.2) is 66.2 Å². The van der Waals surface area contributed by atoms with Crippen LogP contribution in [0.3, 0.4) is 0 Å². The van der Waals surface area contributed by atoms with Crippen molar-refractivity contribution in [2.75, 3.05) is 39.3 Å². The van der Waals surface area contributed by atoms with Crippen molar-refractivity contribution in [2.45, 2.75) is 46.3 Å². The van der Waals surface area contributed by atoms with Crippen molar-refractivity contribution in [3.8, 4) is 0 Å². The van der Waals surface area contributed by atoms with Crippen LogP contribution in [0.15, 0.2) is 29.3 Å². The maximum atomic E-state index is 10.5. The first kappa shape index (κ1) is 22.4. The van der Waals surface area contributed by atoms with E-state index in [1.54, 1.807) is 0 Å². The highest BCUT2D eigenvalue weighted by atomic mass is 127. The molecule has 0 spiro atoms. The van der Waals surface area contributed by atoms with Crippen LogP contribution in [0.1, 0.15) is 38.3 Å².